The second kappa shape index (κ2) is 7.60. The van der Waals surface area contributed by atoms with E-state index < -0.39 is 0 Å². The molecule has 0 amide bonds. The Hall–Kier alpha value is -3.18. The molecule has 0 radical (unpaired) electrons. The molecule has 0 aliphatic rings. The summed E-state index contributed by atoms with van der Waals surface area (Å²) in [6, 6.07) is 17.7. The van der Waals surface area contributed by atoms with Crippen molar-refractivity contribution in [2.24, 2.45) is 0 Å². The molecule has 134 valence electrons. The Morgan fingerprint density at radius 1 is 0.963 bits per heavy atom. The molecular weight excluding hydrogens is 360 g/mol. The van der Waals surface area contributed by atoms with Gasteiger partial charge in [0.25, 0.3) is 0 Å². The lowest BCUT2D eigenvalue weighted by Crippen LogP contribution is -2.04. The van der Waals surface area contributed by atoms with E-state index in [0.717, 1.165) is 33.4 Å². The van der Waals surface area contributed by atoms with Crippen LogP contribution in [0, 0.1) is 0 Å². The van der Waals surface area contributed by atoms with Gasteiger partial charge in [-0.15, -0.1) is 10.2 Å². The van der Waals surface area contributed by atoms with Crippen molar-refractivity contribution < 1.29 is 4.74 Å². The molecule has 0 aliphatic carbocycles. The summed E-state index contributed by atoms with van der Waals surface area (Å²) in [6.45, 7) is 0.580. The SMILES string of the molecule is COc1ccc(CNc2nnc(-c3ccncc3)c3ccccc23)cc1Cl. The van der Waals surface area contributed by atoms with Gasteiger partial charge in [0.05, 0.1) is 12.1 Å². The standard InChI is InChI=1S/C21H17ClN4O/c1-27-19-7-6-14(12-18(19)22)13-24-21-17-5-3-2-4-16(17)20(25-26-21)15-8-10-23-11-9-15/h2-12H,13H2,1H3,(H,24,26). The first-order valence-corrected chi connectivity index (χ1v) is 8.86. The van der Waals surface area contributed by atoms with Crippen LogP contribution in [-0.2, 0) is 6.54 Å². The maximum atomic E-state index is 6.21. The molecule has 4 rings (SSSR count). The molecule has 0 fully saturated rings. The molecule has 5 nitrogen and oxygen atoms in total. The number of nitrogens with zero attached hydrogens (tertiary/aromatic N) is 3. The van der Waals surface area contributed by atoms with E-state index in [4.69, 9.17) is 16.3 Å². The molecule has 2 aromatic carbocycles. The van der Waals surface area contributed by atoms with Gasteiger partial charge in [-0.2, -0.15) is 0 Å². The zero-order valence-corrected chi connectivity index (χ0v) is 15.4. The number of pyridine rings is 1. The molecule has 0 atom stereocenters. The van der Waals surface area contributed by atoms with E-state index in [1.165, 1.54) is 0 Å². The van der Waals surface area contributed by atoms with E-state index in [1.807, 2.05) is 48.5 Å². The number of fused-ring (bicyclic) bond motifs is 1. The minimum absolute atomic E-state index is 0.580. The lowest BCUT2D eigenvalue weighted by Gasteiger charge is -2.12. The van der Waals surface area contributed by atoms with Gasteiger partial charge in [0.2, 0.25) is 0 Å². The second-order valence-corrected chi connectivity index (χ2v) is 6.41. The van der Waals surface area contributed by atoms with Crippen molar-refractivity contribution in [3.8, 4) is 17.0 Å². The quantitative estimate of drug-likeness (QED) is 0.533. The summed E-state index contributed by atoms with van der Waals surface area (Å²) in [6.07, 6.45) is 3.51. The number of methoxy groups -OCH3 is 1. The molecule has 0 saturated carbocycles. The topological polar surface area (TPSA) is 59.9 Å². The van der Waals surface area contributed by atoms with Crippen LogP contribution in [0.15, 0.2) is 67.0 Å². The zero-order chi connectivity index (χ0) is 18.6. The van der Waals surface area contributed by atoms with Crippen LogP contribution in [0.1, 0.15) is 5.56 Å². The highest BCUT2D eigenvalue weighted by Gasteiger charge is 2.11. The van der Waals surface area contributed by atoms with Crippen LogP contribution >= 0.6 is 11.6 Å². The van der Waals surface area contributed by atoms with Gasteiger partial charge in [-0.3, -0.25) is 4.98 Å². The highest BCUT2D eigenvalue weighted by Crippen LogP contribution is 2.30. The van der Waals surface area contributed by atoms with Gasteiger partial charge in [0.1, 0.15) is 11.4 Å². The van der Waals surface area contributed by atoms with Gasteiger partial charge in [0, 0.05) is 35.3 Å². The molecule has 2 heterocycles. The van der Waals surface area contributed by atoms with Crippen molar-refractivity contribution in [2.45, 2.75) is 6.54 Å². The van der Waals surface area contributed by atoms with Crippen LogP contribution in [-0.4, -0.2) is 22.3 Å². The number of hydrogen-bond acceptors (Lipinski definition) is 5. The van der Waals surface area contributed by atoms with Gasteiger partial charge in [0.15, 0.2) is 5.82 Å². The fraction of sp³-hybridized carbons (Fsp3) is 0.0952. The minimum Gasteiger partial charge on any atom is -0.495 e. The lowest BCUT2D eigenvalue weighted by molar-refractivity contribution is 0.415. The first-order chi connectivity index (χ1) is 13.3. The van der Waals surface area contributed by atoms with Gasteiger partial charge >= 0.3 is 0 Å². The summed E-state index contributed by atoms with van der Waals surface area (Å²) in [5, 5.41) is 14.9. The first kappa shape index (κ1) is 17.2. The molecule has 1 N–H and O–H groups in total. The van der Waals surface area contributed by atoms with Crippen molar-refractivity contribution in [3.63, 3.8) is 0 Å². The Kier molecular flexibility index (Phi) is 4.85. The first-order valence-electron chi connectivity index (χ1n) is 8.48. The lowest BCUT2D eigenvalue weighted by atomic mass is 10.1. The minimum atomic E-state index is 0.580. The fourth-order valence-electron chi connectivity index (χ4n) is 2.96. The summed E-state index contributed by atoms with van der Waals surface area (Å²) < 4.78 is 5.20. The van der Waals surface area contributed by atoms with Gasteiger partial charge < -0.3 is 10.1 Å². The fourth-order valence-corrected chi connectivity index (χ4v) is 3.24. The molecular formula is C21H17ClN4O. The maximum absolute atomic E-state index is 6.21. The highest BCUT2D eigenvalue weighted by atomic mass is 35.5. The van der Waals surface area contributed by atoms with E-state index >= 15 is 0 Å². The van der Waals surface area contributed by atoms with E-state index in [2.05, 4.69) is 26.6 Å². The Bertz CT molecular complexity index is 1090. The Labute approximate surface area is 162 Å². The summed E-state index contributed by atoms with van der Waals surface area (Å²) in [7, 11) is 1.60. The summed E-state index contributed by atoms with van der Waals surface area (Å²) in [5.41, 5.74) is 2.86. The third kappa shape index (κ3) is 3.55. The second-order valence-electron chi connectivity index (χ2n) is 6.00. The molecule has 6 heteroatoms. The summed E-state index contributed by atoms with van der Waals surface area (Å²) >= 11 is 6.21. The maximum Gasteiger partial charge on any atom is 0.156 e. The number of aromatic nitrogens is 3. The average molecular weight is 377 g/mol. The molecule has 27 heavy (non-hydrogen) atoms. The number of hydrogen-bond donors (Lipinski definition) is 1. The summed E-state index contributed by atoms with van der Waals surface area (Å²) in [4.78, 5) is 4.07. The predicted molar refractivity (Wildman–Crippen MR) is 108 cm³/mol. The molecule has 0 bridgehead atoms. The van der Waals surface area contributed by atoms with E-state index in [0.29, 0.717) is 17.3 Å². The number of anilines is 1. The Morgan fingerprint density at radius 3 is 2.48 bits per heavy atom. The molecule has 0 aliphatic heterocycles. The van der Waals surface area contributed by atoms with Gasteiger partial charge in [-0.25, -0.2) is 0 Å². The van der Waals surface area contributed by atoms with Crippen molar-refractivity contribution >= 4 is 28.2 Å². The van der Waals surface area contributed by atoms with Crippen molar-refractivity contribution in [1.82, 2.24) is 15.2 Å². The van der Waals surface area contributed by atoms with Gasteiger partial charge in [-0.05, 0) is 29.8 Å². The van der Waals surface area contributed by atoms with Crippen LogP contribution in [0.2, 0.25) is 5.02 Å². The third-order valence-corrected chi connectivity index (χ3v) is 4.61. The van der Waals surface area contributed by atoms with E-state index in [-0.39, 0.29) is 0 Å². The van der Waals surface area contributed by atoms with Crippen LogP contribution in [0.4, 0.5) is 5.82 Å². The van der Waals surface area contributed by atoms with Crippen LogP contribution < -0.4 is 10.1 Å². The highest BCUT2D eigenvalue weighted by molar-refractivity contribution is 6.32. The van der Waals surface area contributed by atoms with Crippen molar-refractivity contribution in [1.29, 1.82) is 0 Å². The largest absolute Gasteiger partial charge is 0.495 e. The third-order valence-electron chi connectivity index (χ3n) is 4.32. The molecule has 0 spiro atoms. The molecule has 0 unspecified atom stereocenters. The van der Waals surface area contributed by atoms with E-state index in [9.17, 15) is 0 Å². The Morgan fingerprint density at radius 2 is 1.74 bits per heavy atom. The molecule has 4 aromatic rings. The number of nitrogens with one attached hydrogen (secondary N) is 1. The van der Waals surface area contributed by atoms with Crippen molar-refractivity contribution in [3.05, 3.63) is 77.6 Å². The van der Waals surface area contributed by atoms with Crippen molar-refractivity contribution in [2.75, 3.05) is 12.4 Å². The Balaban J connectivity index is 1.66. The number of ether oxygens (including phenoxy) is 1. The molecule has 0 saturated heterocycles. The summed E-state index contributed by atoms with van der Waals surface area (Å²) in [5.74, 6) is 1.39. The van der Waals surface area contributed by atoms with Gasteiger partial charge in [-0.1, -0.05) is 41.9 Å². The van der Waals surface area contributed by atoms with E-state index in [1.54, 1.807) is 19.5 Å². The normalized spacial score (nSPS) is 10.7. The van der Waals surface area contributed by atoms with Crippen LogP contribution in [0.5, 0.6) is 5.75 Å². The van der Waals surface area contributed by atoms with Crippen LogP contribution in [0.3, 0.4) is 0 Å². The zero-order valence-electron chi connectivity index (χ0n) is 14.7. The smallest absolute Gasteiger partial charge is 0.156 e. The number of benzene rings is 2. The monoisotopic (exact) mass is 376 g/mol. The number of rotatable bonds is 5. The average Bonchev–Trinajstić information content (AvgIpc) is 2.72. The number of halogens is 1. The van der Waals surface area contributed by atoms with Crippen LogP contribution in [0.25, 0.3) is 22.0 Å². The molecule has 2 aromatic heterocycles. The predicted octanol–water partition coefficient (Wildman–Crippen LogP) is 4.97.